The van der Waals surface area contributed by atoms with Crippen LogP contribution in [0.3, 0.4) is 0 Å². The van der Waals surface area contributed by atoms with Gasteiger partial charge >= 0.3 is 0 Å². The smallest absolute Gasteiger partial charge is 0.166 e. The second-order valence-electron chi connectivity index (χ2n) is 7.85. The highest BCUT2D eigenvalue weighted by molar-refractivity contribution is 7.80. The van der Waals surface area contributed by atoms with Gasteiger partial charge in [-0.1, -0.05) is 60.7 Å². The van der Waals surface area contributed by atoms with Gasteiger partial charge < -0.3 is 10.6 Å². The van der Waals surface area contributed by atoms with Crippen LogP contribution in [0, 0.1) is 0 Å². The number of hydrogen-bond donors (Lipinski definition) is 2. The summed E-state index contributed by atoms with van der Waals surface area (Å²) in [6.45, 7) is 1.97. The van der Waals surface area contributed by atoms with Gasteiger partial charge in [0.1, 0.15) is 0 Å². The van der Waals surface area contributed by atoms with Gasteiger partial charge in [0, 0.05) is 31.2 Å². The van der Waals surface area contributed by atoms with E-state index in [0.717, 1.165) is 24.6 Å². The van der Waals surface area contributed by atoms with Crippen molar-refractivity contribution in [2.45, 2.75) is 56.8 Å². The fraction of sp³-hybridized carbons (Fsp3) is 0.435. The Morgan fingerprint density at radius 1 is 0.889 bits per heavy atom. The van der Waals surface area contributed by atoms with Crippen LogP contribution in [0.2, 0.25) is 0 Å². The molecule has 0 saturated carbocycles. The van der Waals surface area contributed by atoms with Crippen molar-refractivity contribution in [3.8, 4) is 0 Å². The Kier molecular flexibility index (Phi) is 6.05. The van der Waals surface area contributed by atoms with Gasteiger partial charge in [0.25, 0.3) is 0 Å². The molecule has 2 saturated heterocycles. The molecule has 2 aliphatic heterocycles. The van der Waals surface area contributed by atoms with E-state index in [1.54, 1.807) is 0 Å². The number of rotatable bonds is 6. The van der Waals surface area contributed by atoms with Gasteiger partial charge in [-0.2, -0.15) is 0 Å². The first-order valence-electron chi connectivity index (χ1n) is 10.2. The Morgan fingerprint density at radius 2 is 1.48 bits per heavy atom. The van der Waals surface area contributed by atoms with Crippen molar-refractivity contribution >= 4 is 17.3 Å². The minimum atomic E-state index is 0.506. The first kappa shape index (κ1) is 18.5. The summed E-state index contributed by atoms with van der Waals surface area (Å²) in [5.74, 6) is 0. The maximum atomic E-state index is 5.55. The fourth-order valence-corrected chi connectivity index (χ4v) is 4.91. The molecule has 4 heteroatoms. The summed E-state index contributed by atoms with van der Waals surface area (Å²) in [6.07, 6.45) is 6.05. The molecule has 2 fully saturated rings. The van der Waals surface area contributed by atoms with Gasteiger partial charge in [0.15, 0.2) is 5.11 Å². The van der Waals surface area contributed by atoms with Crippen LogP contribution < -0.4 is 10.6 Å². The maximum absolute atomic E-state index is 5.55. The maximum Gasteiger partial charge on any atom is 0.166 e. The average molecular weight is 380 g/mol. The summed E-state index contributed by atoms with van der Waals surface area (Å²) in [5.41, 5.74) is 2.78. The Balaban J connectivity index is 1.23. The summed E-state index contributed by atoms with van der Waals surface area (Å²) in [7, 11) is 0. The Morgan fingerprint density at radius 3 is 2.11 bits per heavy atom. The lowest BCUT2D eigenvalue weighted by Crippen LogP contribution is -2.52. The molecule has 3 atom stereocenters. The zero-order valence-corrected chi connectivity index (χ0v) is 16.6. The summed E-state index contributed by atoms with van der Waals surface area (Å²) >= 11 is 5.55. The van der Waals surface area contributed by atoms with Crippen molar-refractivity contribution in [1.29, 1.82) is 0 Å². The van der Waals surface area contributed by atoms with Gasteiger partial charge in [-0.25, -0.2) is 0 Å². The molecule has 3 nitrogen and oxygen atoms in total. The van der Waals surface area contributed by atoms with E-state index in [0.29, 0.717) is 18.1 Å². The molecule has 1 unspecified atom stereocenters. The molecule has 27 heavy (non-hydrogen) atoms. The first-order chi connectivity index (χ1) is 13.3. The molecule has 0 aromatic heterocycles. The number of thiocarbonyl (C=S) groups is 1. The third-order valence-electron chi connectivity index (χ3n) is 5.97. The molecule has 0 aliphatic carbocycles. The molecule has 2 aromatic rings. The Hall–Kier alpha value is -1.91. The fourth-order valence-electron chi connectivity index (χ4n) is 4.65. The van der Waals surface area contributed by atoms with E-state index in [1.807, 2.05) is 0 Å². The van der Waals surface area contributed by atoms with Gasteiger partial charge in [-0.3, -0.25) is 4.90 Å². The molecule has 2 aromatic carbocycles. The topological polar surface area (TPSA) is 27.3 Å². The normalized spacial score (nSPS) is 24.5. The Bertz CT molecular complexity index is 720. The first-order valence-corrected chi connectivity index (χ1v) is 10.6. The molecule has 142 valence electrons. The lowest BCUT2D eigenvalue weighted by Gasteiger charge is -2.39. The largest absolute Gasteiger partial charge is 0.362 e. The quantitative estimate of drug-likeness (QED) is 0.745. The van der Waals surface area contributed by atoms with Crippen LogP contribution in [0.25, 0.3) is 0 Å². The third-order valence-corrected chi connectivity index (χ3v) is 6.23. The molecule has 2 heterocycles. The highest BCUT2D eigenvalue weighted by Gasteiger charge is 2.40. The minimum Gasteiger partial charge on any atom is -0.362 e. The predicted molar refractivity (Wildman–Crippen MR) is 116 cm³/mol. The number of hydrogen-bond acceptors (Lipinski definition) is 2. The molecular weight excluding hydrogens is 350 g/mol. The molecule has 2 N–H and O–H groups in total. The standard InChI is InChI=1S/C23H29N3S/c27-23(24-14-13-18-7-3-1-4-8-18)25-20-15-21-11-12-22(16-20)26(21)17-19-9-5-2-6-10-19/h1-10,20-22H,11-17H2,(H2,24,25,27)/t20?,21-,22+. The van der Waals surface area contributed by atoms with E-state index in [2.05, 4.69) is 76.2 Å². The number of fused-ring (bicyclic) bond motifs is 2. The number of nitrogens with zero attached hydrogens (tertiary/aromatic N) is 1. The zero-order valence-electron chi connectivity index (χ0n) is 15.8. The van der Waals surface area contributed by atoms with Crippen molar-refractivity contribution in [3.05, 3.63) is 71.8 Å². The van der Waals surface area contributed by atoms with Crippen molar-refractivity contribution < 1.29 is 0 Å². The van der Waals surface area contributed by atoms with Crippen LogP contribution in [-0.2, 0) is 13.0 Å². The van der Waals surface area contributed by atoms with Crippen molar-refractivity contribution in [2.75, 3.05) is 6.54 Å². The second kappa shape index (κ2) is 8.85. The van der Waals surface area contributed by atoms with Crippen LogP contribution >= 0.6 is 12.2 Å². The number of piperidine rings is 1. The van der Waals surface area contributed by atoms with Crippen molar-refractivity contribution in [1.82, 2.24) is 15.5 Å². The van der Waals surface area contributed by atoms with Crippen LogP contribution in [0.4, 0.5) is 0 Å². The van der Waals surface area contributed by atoms with Crippen LogP contribution in [0.15, 0.2) is 60.7 Å². The van der Waals surface area contributed by atoms with E-state index >= 15 is 0 Å². The van der Waals surface area contributed by atoms with E-state index in [-0.39, 0.29) is 0 Å². The minimum absolute atomic E-state index is 0.506. The highest BCUT2D eigenvalue weighted by atomic mass is 32.1. The Labute approximate surface area is 168 Å². The van der Waals surface area contributed by atoms with Gasteiger partial charge in [0.05, 0.1) is 0 Å². The van der Waals surface area contributed by atoms with Gasteiger partial charge in [-0.05, 0) is 55.4 Å². The van der Waals surface area contributed by atoms with Crippen LogP contribution in [-0.4, -0.2) is 34.7 Å². The molecule has 2 aliphatic rings. The van der Waals surface area contributed by atoms with Crippen LogP contribution in [0.5, 0.6) is 0 Å². The van der Waals surface area contributed by atoms with Crippen molar-refractivity contribution in [3.63, 3.8) is 0 Å². The molecule has 0 amide bonds. The van der Waals surface area contributed by atoms with Crippen LogP contribution in [0.1, 0.15) is 36.8 Å². The number of benzene rings is 2. The molecule has 0 spiro atoms. The lowest BCUT2D eigenvalue weighted by atomic mass is 9.96. The summed E-state index contributed by atoms with van der Waals surface area (Å²) in [5, 5.41) is 7.78. The van der Waals surface area contributed by atoms with Gasteiger partial charge in [-0.15, -0.1) is 0 Å². The predicted octanol–water partition coefficient (Wildman–Crippen LogP) is 3.89. The van der Waals surface area contributed by atoms with Gasteiger partial charge in [0.2, 0.25) is 0 Å². The van der Waals surface area contributed by atoms with E-state index in [1.165, 1.54) is 36.8 Å². The number of nitrogens with one attached hydrogen (secondary N) is 2. The van der Waals surface area contributed by atoms with E-state index in [4.69, 9.17) is 12.2 Å². The SMILES string of the molecule is S=C(NCCc1ccccc1)NC1C[C@H]2CC[C@@H](C1)N2Cc1ccccc1. The average Bonchev–Trinajstić information content (AvgIpc) is 2.92. The zero-order chi connectivity index (χ0) is 18.5. The summed E-state index contributed by atoms with van der Waals surface area (Å²) in [4.78, 5) is 2.72. The molecular formula is C23H29N3S. The molecule has 2 bridgehead atoms. The third kappa shape index (κ3) is 4.88. The summed E-state index contributed by atoms with van der Waals surface area (Å²) < 4.78 is 0. The monoisotopic (exact) mass is 379 g/mol. The van der Waals surface area contributed by atoms with E-state index < -0.39 is 0 Å². The second-order valence-corrected chi connectivity index (χ2v) is 8.26. The molecule has 0 radical (unpaired) electrons. The highest BCUT2D eigenvalue weighted by Crippen LogP contribution is 2.36. The van der Waals surface area contributed by atoms with Crippen molar-refractivity contribution in [2.24, 2.45) is 0 Å². The lowest BCUT2D eigenvalue weighted by molar-refractivity contribution is 0.115. The molecule has 4 rings (SSSR count). The van der Waals surface area contributed by atoms with E-state index in [9.17, 15) is 0 Å². The summed E-state index contributed by atoms with van der Waals surface area (Å²) in [6, 6.07) is 23.3.